The summed E-state index contributed by atoms with van der Waals surface area (Å²) in [6, 6.07) is 3.94. The van der Waals surface area contributed by atoms with E-state index >= 15 is 0 Å². The normalized spacial score (nSPS) is 12.4. The van der Waals surface area contributed by atoms with Crippen LogP contribution < -0.4 is 5.32 Å². The Balaban J connectivity index is 1.83. The van der Waals surface area contributed by atoms with Gasteiger partial charge in [-0.25, -0.2) is 15.0 Å². The van der Waals surface area contributed by atoms with Gasteiger partial charge in [-0.2, -0.15) is 0 Å². The molecular formula is C15H16N4OS2. The van der Waals surface area contributed by atoms with Crippen molar-refractivity contribution in [2.24, 2.45) is 0 Å². The van der Waals surface area contributed by atoms with Gasteiger partial charge in [0, 0.05) is 11.6 Å². The zero-order chi connectivity index (χ0) is 15.7. The zero-order valence-electron chi connectivity index (χ0n) is 12.5. The van der Waals surface area contributed by atoms with Gasteiger partial charge >= 0.3 is 0 Å². The Bertz CT molecular complexity index is 777. The lowest BCUT2D eigenvalue weighted by Gasteiger charge is -2.01. The zero-order valence-corrected chi connectivity index (χ0v) is 14.1. The summed E-state index contributed by atoms with van der Waals surface area (Å²) < 4.78 is 0. The van der Waals surface area contributed by atoms with Gasteiger partial charge in [-0.1, -0.05) is 6.07 Å². The number of nitrogens with zero attached hydrogens (tertiary/aromatic N) is 3. The molecule has 0 aliphatic rings. The van der Waals surface area contributed by atoms with E-state index in [1.54, 1.807) is 6.92 Å². The minimum atomic E-state index is -0.551. The van der Waals surface area contributed by atoms with Crippen LogP contribution in [0.3, 0.4) is 0 Å². The quantitative estimate of drug-likeness (QED) is 0.753. The molecule has 22 heavy (non-hydrogen) atoms. The Kier molecular flexibility index (Phi) is 4.19. The number of aryl methyl sites for hydroxylation is 2. The Morgan fingerprint density at radius 2 is 2.05 bits per heavy atom. The van der Waals surface area contributed by atoms with Crippen molar-refractivity contribution < 1.29 is 5.11 Å². The summed E-state index contributed by atoms with van der Waals surface area (Å²) in [6.07, 6.45) is 1.27. The maximum Gasteiger partial charge on any atom is 0.188 e. The van der Waals surface area contributed by atoms with Gasteiger partial charge in [0.05, 0.1) is 16.3 Å². The van der Waals surface area contributed by atoms with Gasteiger partial charge in [0.15, 0.2) is 5.13 Å². The van der Waals surface area contributed by atoms with Crippen LogP contribution in [-0.2, 0) is 0 Å². The minimum absolute atomic E-state index is 0.551. The molecule has 0 aliphatic carbocycles. The van der Waals surface area contributed by atoms with Crippen LogP contribution in [0.5, 0.6) is 0 Å². The lowest BCUT2D eigenvalue weighted by molar-refractivity contribution is 0.198. The molecule has 3 aromatic rings. The van der Waals surface area contributed by atoms with Gasteiger partial charge in [0.2, 0.25) is 0 Å². The van der Waals surface area contributed by atoms with Gasteiger partial charge in [-0.3, -0.25) is 0 Å². The van der Waals surface area contributed by atoms with E-state index < -0.39 is 6.10 Å². The first-order chi connectivity index (χ1) is 10.5. The molecule has 0 saturated carbocycles. The van der Waals surface area contributed by atoms with Crippen molar-refractivity contribution in [2.45, 2.75) is 26.9 Å². The third-order valence-corrected chi connectivity index (χ3v) is 5.16. The number of aromatic nitrogens is 3. The highest BCUT2D eigenvalue weighted by atomic mass is 32.1. The lowest BCUT2D eigenvalue weighted by Crippen LogP contribution is -1.92. The van der Waals surface area contributed by atoms with Crippen molar-refractivity contribution in [1.29, 1.82) is 0 Å². The summed E-state index contributed by atoms with van der Waals surface area (Å²) in [4.78, 5) is 14.3. The van der Waals surface area contributed by atoms with E-state index in [2.05, 4.69) is 20.3 Å². The minimum Gasteiger partial charge on any atom is -0.386 e. The molecule has 0 radical (unpaired) electrons. The van der Waals surface area contributed by atoms with Crippen molar-refractivity contribution >= 4 is 33.6 Å². The molecule has 0 aliphatic heterocycles. The SMILES string of the molecule is Cc1ccc(Nc2nc(-c3sc(C(C)O)nc3C)cs2)nc1. The fourth-order valence-electron chi connectivity index (χ4n) is 1.92. The van der Waals surface area contributed by atoms with Crippen molar-refractivity contribution in [1.82, 2.24) is 15.0 Å². The second kappa shape index (κ2) is 6.12. The van der Waals surface area contributed by atoms with E-state index in [1.165, 1.54) is 22.7 Å². The molecule has 0 spiro atoms. The van der Waals surface area contributed by atoms with Gasteiger partial charge in [0.25, 0.3) is 0 Å². The summed E-state index contributed by atoms with van der Waals surface area (Å²) in [6.45, 7) is 5.66. The third-order valence-electron chi connectivity index (χ3n) is 3.05. The molecular weight excluding hydrogens is 316 g/mol. The molecule has 0 saturated heterocycles. The van der Waals surface area contributed by atoms with Crippen LogP contribution in [-0.4, -0.2) is 20.1 Å². The van der Waals surface area contributed by atoms with E-state index in [4.69, 9.17) is 0 Å². The molecule has 7 heteroatoms. The predicted molar refractivity (Wildman–Crippen MR) is 90.8 cm³/mol. The van der Waals surface area contributed by atoms with Crippen LogP contribution in [0.4, 0.5) is 10.9 Å². The summed E-state index contributed by atoms with van der Waals surface area (Å²) in [5.74, 6) is 0.775. The Morgan fingerprint density at radius 1 is 1.23 bits per heavy atom. The first-order valence-corrected chi connectivity index (χ1v) is 8.53. The van der Waals surface area contributed by atoms with Crippen molar-refractivity contribution in [3.63, 3.8) is 0 Å². The average Bonchev–Trinajstić information content (AvgIpc) is 3.08. The van der Waals surface area contributed by atoms with Crippen LogP contribution in [0.2, 0.25) is 0 Å². The maximum absolute atomic E-state index is 9.64. The smallest absolute Gasteiger partial charge is 0.188 e. The maximum atomic E-state index is 9.64. The summed E-state index contributed by atoms with van der Waals surface area (Å²) in [7, 11) is 0. The number of pyridine rings is 1. The van der Waals surface area contributed by atoms with E-state index in [1.807, 2.05) is 37.6 Å². The Morgan fingerprint density at radius 3 is 2.68 bits per heavy atom. The first kappa shape index (κ1) is 15.1. The fourth-order valence-corrected chi connectivity index (χ4v) is 3.67. The highest BCUT2D eigenvalue weighted by molar-refractivity contribution is 7.17. The third kappa shape index (κ3) is 3.16. The van der Waals surface area contributed by atoms with E-state index in [-0.39, 0.29) is 0 Å². The molecule has 1 atom stereocenters. The number of anilines is 2. The first-order valence-electron chi connectivity index (χ1n) is 6.84. The highest BCUT2D eigenvalue weighted by Crippen LogP contribution is 2.34. The summed E-state index contributed by atoms with van der Waals surface area (Å²) in [5.41, 5.74) is 2.89. The molecule has 3 heterocycles. The number of thiazole rings is 2. The summed E-state index contributed by atoms with van der Waals surface area (Å²) in [5, 5.41) is 16.3. The number of nitrogens with one attached hydrogen (secondary N) is 1. The topological polar surface area (TPSA) is 70.9 Å². The molecule has 3 rings (SSSR count). The summed E-state index contributed by atoms with van der Waals surface area (Å²) >= 11 is 3.01. The van der Waals surface area contributed by atoms with Gasteiger partial charge < -0.3 is 10.4 Å². The molecule has 114 valence electrons. The van der Waals surface area contributed by atoms with E-state index in [9.17, 15) is 5.11 Å². The van der Waals surface area contributed by atoms with Crippen LogP contribution in [0.1, 0.15) is 29.3 Å². The molecule has 0 aromatic carbocycles. The van der Waals surface area contributed by atoms with Gasteiger partial charge in [-0.05, 0) is 32.4 Å². The number of hydrogen-bond donors (Lipinski definition) is 2. The lowest BCUT2D eigenvalue weighted by atomic mass is 10.3. The number of aliphatic hydroxyl groups excluding tert-OH is 1. The van der Waals surface area contributed by atoms with Gasteiger partial charge in [0.1, 0.15) is 16.9 Å². The largest absolute Gasteiger partial charge is 0.386 e. The molecule has 5 nitrogen and oxygen atoms in total. The van der Waals surface area contributed by atoms with Gasteiger partial charge in [-0.15, -0.1) is 22.7 Å². The molecule has 0 bridgehead atoms. The second-order valence-corrected chi connectivity index (χ2v) is 6.92. The van der Waals surface area contributed by atoms with E-state index in [0.717, 1.165) is 37.8 Å². The molecule has 2 N–H and O–H groups in total. The monoisotopic (exact) mass is 332 g/mol. The molecule has 3 aromatic heterocycles. The molecule has 1 unspecified atom stereocenters. The number of rotatable bonds is 4. The Labute approximate surface area is 136 Å². The molecule has 0 fully saturated rings. The van der Waals surface area contributed by atoms with Crippen LogP contribution in [0.15, 0.2) is 23.7 Å². The van der Waals surface area contributed by atoms with Crippen LogP contribution >= 0.6 is 22.7 Å². The van der Waals surface area contributed by atoms with E-state index in [0.29, 0.717) is 0 Å². The number of hydrogen-bond acceptors (Lipinski definition) is 7. The average molecular weight is 332 g/mol. The predicted octanol–water partition coefficient (Wildman–Crippen LogP) is 4.08. The number of aliphatic hydroxyl groups is 1. The van der Waals surface area contributed by atoms with Crippen molar-refractivity contribution in [3.8, 4) is 10.6 Å². The molecule has 0 amide bonds. The fraction of sp³-hybridized carbons (Fsp3) is 0.267. The van der Waals surface area contributed by atoms with Crippen LogP contribution in [0.25, 0.3) is 10.6 Å². The van der Waals surface area contributed by atoms with Crippen molar-refractivity contribution in [2.75, 3.05) is 5.32 Å². The Hall–Kier alpha value is -1.83. The standard InChI is InChI=1S/C15H16N4OS2/c1-8-4-5-12(16-6-8)19-15-18-11(7-21-15)13-9(2)17-14(22-13)10(3)20/h4-7,10,20H,1-3H3,(H,16,18,19). The van der Waals surface area contributed by atoms with Crippen molar-refractivity contribution in [3.05, 3.63) is 40.0 Å². The second-order valence-electron chi connectivity index (χ2n) is 5.03. The highest BCUT2D eigenvalue weighted by Gasteiger charge is 2.15. The van der Waals surface area contributed by atoms with Crippen LogP contribution in [0, 0.1) is 13.8 Å².